The van der Waals surface area contributed by atoms with Gasteiger partial charge in [0.1, 0.15) is 22.9 Å². The van der Waals surface area contributed by atoms with Crippen molar-refractivity contribution >= 4 is 23.9 Å². The molecule has 0 spiro atoms. The summed E-state index contributed by atoms with van der Waals surface area (Å²) in [6, 6.07) is 13.7. The molecule has 2 amide bonds. The Morgan fingerprint density at radius 3 is 2.08 bits per heavy atom. The zero-order valence-corrected chi connectivity index (χ0v) is 22.4. The Morgan fingerprint density at radius 2 is 1.55 bits per heavy atom. The maximum absolute atomic E-state index is 14.3. The van der Waals surface area contributed by atoms with Crippen LogP contribution in [-0.2, 0) is 26.2 Å². The molecule has 0 fully saturated rings. The third-order valence-corrected chi connectivity index (χ3v) is 6.06. The van der Waals surface area contributed by atoms with Crippen LogP contribution in [0, 0.1) is 11.6 Å². The smallest absolute Gasteiger partial charge is 0.414 e. The number of carbonyl (C=O) groups is 3. The number of nitrogens with zero attached hydrogens (tertiary/aromatic N) is 3. The second kappa shape index (κ2) is 11.2. The number of amides is 2. The quantitative estimate of drug-likeness (QED) is 0.457. The van der Waals surface area contributed by atoms with E-state index in [1.807, 2.05) is 0 Å². The number of nitrogens with one attached hydrogen (secondary N) is 1. The van der Waals surface area contributed by atoms with Gasteiger partial charge in [0, 0.05) is 12.7 Å². The van der Waals surface area contributed by atoms with E-state index in [0.29, 0.717) is 16.7 Å². The maximum Gasteiger partial charge on any atom is 0.414 e. The Morgan fingerprint density at radius 1 is 0.975 bits per heavy atom. The lowest BCUT2D eigenvalue weighted by atomic mass is 9.82. The van der Waals surface area contributed by atoms with E-state index < -0.39 is 40.7 Å². The fourth-order valence-electron chi connectivity index (χ4n) is 4.27. The minimum absolute atomic E-state index is 0.0300. The van der Waals surface area contributed by atoms with Crippen molar-refractivity contribution in [3.05, 3.63) is 101 Å². The first-order valence-electron chi connectivity index (χ1n) is 12.4. The van der Waals surface area contributed by atoms with Gasteiger partial charge in [0.2, 0.25) is 5.96 Å². The highest BCUT2D eigenvalue weighted by Gasteiger charge is 2.51. The third-order valence-electron chi connectivity index (χ3n) is 6.06. The molecule has 3 aromatic rings. The minimum Gasteiger partial charge on any atom is -0.464 e. The van der Waals surface area contributed by atoms with Crippen LogP contribution in [0.2, 0.25) is 0 Å². The topological polar surface area (TPSA) is 110 Å². The van der Waals surface area contributed by atoms with Gasteiger partial charge in [-0.15, -0.1) is 0 Å². The number of rotatable bonds is 6. The van der Waals surface area contributed by atoms with Gasteiger partial charge in [0.05, 0.1) is 7.11 Å². The number of ether oxygens (including phenoxy) is 2. The summed E-state index contributed by atoms with van der Waals surface area (Å²) in [5, 5.41) is 2.57. The van der Waals surface area contributed by atoms with Crippen molar-refractivity contribution in [2.45, 2.75) is 38.3 Å². The number of guanidine groups is 1. The molecule has 2 heterocycles. The van der Waals surface area contributed by atoms with Crippen molar-refractivity contribution in [3.63, 3.8) is 0 Å². The number of benzene rings is 2. The molecule has 11 heteroatoms. The van der Waals surface area contributed by atoms with Crippen molar-refractivity contribution in [2.75, 3.05) is 13.7 Å². The van der Waals surface area contributed by atoms with Crippen LogP contribution in [0.5, 0.6) is 0 Å². The lowest BCUT2D eigenvalue weighted by molar-refractivity contribution is -0.130. The van der Waals surface area contributed by atoms with Gasteiger partial charge in [-0.3, -0.25) is 15.0 Å². The van der Waals surface area contributed by atoms with Crippen molar-refractivity contribution in [1.82, 2.24) is 15.2 Å². The molecule has 0 bridgehead atoms. The van der Waals surface area contributed by atoms with Crippen LogP contribution in [0.15, 0.2) is 71.9 Å². The predicted octanol–water partition coefficient (Wildman–Crippen LogP) is 4.36. The summed E-state index contributed by atoms with van der Waals surface area (Å²) in [6.45, 7) is 5.10. The molecule has 1 aromatic heterocycles. The van der Waals surface area contributed by atoms with Crippen molar-refractivity contribution in [2.24, 2.45) is 4.99 Å². The van der Waals surface area contributed by atoms with E-state index in [0.717, 1.165) is 0 Å². The lowest BCUT2D eigenvalue weighted by Crippen LogP contribution is -2.48. The van der Waals surface area contributed by atoms with Crippen molar-refractivity contribution < 1.29 is 32.6 Å². The van der Waals surface area contributed by atoms with Gasteiger partial charge in [0.25, 0.3) is 5.91 Å². The summed E-state index contributed by atoms with van der Waals surface area (Å²) in [6.07, 6.45) is 0.855. The molecular weight excluding hydrogens is 522 g/mol. The Hall–Kier alpha value is -4.67. The predicted molar refractivity (Wildman–Crippen MR) is 141 cm³/mol. The highest BCUT2D eigenvalue weighted by molar-refractivity contribution is 6.12. The van der Waals surface area contributed by atoms with Crippen LogP contribution >= 0.6 is 0 Å². The van der Waals surface area contributed by atoms with E-state index >= 15 is 0 Å². The Kier molecular flexibility index (Phi) is 7.94. The minimum atomic E-state index is -1.75. The molecule has 40 heavy (non-hydrogen) atoms. The number of esters is 1. The molecule has 1 aliphatic rings. The average Bonchev–Trinajstić information content (AvgIpc) is 3.18. The molecule has 0 atom stereocenters. The van der Waals surface area contributed by atoms with Crippen LogP contribution in [0.25, 0.3) is 0 Å². The maximum atomic E-state index is 14.3. The third kappa shape index (κ3) is 5.98. The van der Waals surface area contributed by atoms with Gasteiger partial charge < -0.3 is 9.47 Å². The Bertz CT molecular complexity index is 1400. The SMILES string of the molecule is COC(=O)c1cc(CCN2C(=O)C(c3ccc(F)cc3)(c3ccc(F)cc3)N=C2NC(=O)OC(C)(C)C)ccn1. The van der Waals surface area contributed by atoms with Gasteiger partial charge in [-0.05, 0) is 80.3 Å². The van der Waals surface area contributed by atoms with Crippen molar-refractivity contribution in [1.29, 1.82) is 0 Å². The van der Waals surface area contributed by atoms with E-state index in [1.165, 1.54) is 72.8 Å². The molecule has 0 saturated carbocycles. The second-order valence-electron chi connectivity index (χ2n) is 10.0. The molecule has 0 radical (unpaired) electrons. The molecule has 2 aromatic carbocycles. The van der Waals surface area contributed by atoms with Crippen LogP contribution in [-0.4, -0.2) is 53.1 Å². The highest BCUT2D eigenvalue weighted by Crippen LogP contribution is 2.40. The molecule has 4 rings (SSSR count). The van der Waals surface area contributed by atoms with Gasteiger partial charge >= 0.3 is 12.1 Å². The van der Waals surface area contributed by atoms with Crippen LogP contribution < -0.4 is 5.32 Å². The number of alkyl carbamates (subject to hydrolysis) is 1. The van der Waals surface area contributed by atoms with E-state index in [2.05, 4.69) is 15.3 Å². The lowest BCUT2D eigenvalue weighted by Gasteiger charge is -2.27. The van der Waals surface area contributed by atoms with Gasteiger partial charge in [-0.25, -0.2) is 28.3 Å². The number of pyridine rings is 1. The Labute approximate surface area is 229 Å². The summed E-state index contributed by atoms with van der Waals surface area (Å²) < 4.78 is 37.8. The number of halogens is 2. The van der Waals surface area contributed by atoms with E-state index in [-0.39, 0.29) is 24.6 Å². The fraction of sp³-hybridized carbons (Fsp3) is 0.276. The standard InChI is InChI=1S/C29H28F2N4O5/c1-28(2,3)40-27(38)33-26-34-29(19-5-9-21(30)10-6-19,20-7-11-22(31)12-8-20)25(37)35(26)16-14-18-13-15-32-23(17-18)24(36)39-4/h5-13,15,17H,14,16H2,1-4H3,(H,33,34,38). The van der Waals surface area contributed by atoms with Crippen LogP contribution in [0.4, 0.5) is 13.6 Å². The molecular formula is C29H28F2N4O5. The summed E-state index contributed by atoms with van der Waals surface area (Å²) >= 11 is 0. The average molecular weight is 551 g/mol. The number of hydrogen-bond donors (Lipinski definition) is 1. The summed E-state index contributed by atoms with van der Waals surface area (Å²) in [5.74, 6) is -2.31. The van der Waals surface area contributed by atoms with E-state index in [1.54, 1.807) is 26.8 Å². The number of carbonyl (C=O) groups excluding carboxylic acids is 3. The van der Waals surface area contributed by atoms with Gasteiger partial charge in [-0.1, -0.05) is 24.3 Å². The van der Waals surface area contributed by atoms with Gasteiger partial charge in [-0.2, -0.15) is 0 Å². The molecule has 1 aliphatic heterocycles. The summed E-state index contributed by atoms with van der Waals surface area (Å²) in [4.78, 5) is 48.9. The highest BCUT2D eigenvalue weighted by atomic mass is 19.1. The number of aromatic nitrogens is 1. The number of methoxy groups -OCH3 is 1. The largest absolute Gasteiger partial charge is 0.464 e. The molecule has 208 valence electrons. The first-order chi connectivity index (χ1) is 18.9. The first-order valence-corrected chi connectivity index (χ1v) is 12.4. The van der Waals surface area contributed by atoms with Crippen LogP contribution in [0.1, 0.15) is 48.0 Å². The number of hydrogen-bond acceptors (Lipinski definition) is 7. The normalized spacial score (nSPS) is 14.5. The first kappa shape index (κ1) is 28.3. The zero-order chi connectivity index (χ0) is 29.1. The molecule has 0 saturated heterocycles. The molecule has 9 nitrogen and oxygen atoms in total. The summed E-state index contributed by atoms with van der Waals surface area (Å²) in [7, 11) is 1.25. The zero-order valence-electron chi connectivity index (χ0n) is 22.4. The molecule has 0 unspecified atom stereocenters. The molecule has 0 aliphatic carbocycles. The van der Waals surface area contributed by atoms with Crippen LogP contribution in [0.3, 0.4) is 0 Å². The summed E-state index contributed by atoms with van der Waals surface area (Å²) in [5.41, 5.74) is -1.19. The van der Waals surface area contributed by atoms with E-state index in [4.69, 9.17) is 9.47 Å². The van der Waals surface area contributed by atoms with E-state index in [9.17, 15) is 23.2 Å². The number of aliphatic imine (C=N–C) groups is 1. The second-order valence-corrected chi connectivity index (χ2v) is 10.0. The monoisotopic (exact) mass is 550 g/mol. The molecule has 1 N–H and O–H groups in total. The van der Waals surface area contributed by atoms with Crippen molar-refractivity contribution in [3.8, 4) is 0 Å². The fourth-order valence-corrected chi connectivity index (χ4v) is 4.27. The Balaban J connectivity index is 1.77. The van der Waals surface area contributed by atoms with Gasteiger partial charge in [0.15, 0.2) is 5.54 Å².